The molecule has 0 spiro atoms. The molecular weight excluding hydrogens is 259 g/mol. The van der Waals surface area contributed by atoms with Crippen LogP contribution < -0.4 is 0 Å². The molecule has 4 nitrogen and oxygen atoms in total. The fourth-order valence-electron chi connectivity index (χ4n) is 0. The molecule has 5 heavy (non-hydrogen) atoms. The first-order chi connectivity index (χ1) is 1.00. The van der Waals surface area contributed by atoms with E-state index < -0.39 is 0 Å². The SMILES string of the molecule is O.O.O.[O]=[Pt]. The molecule has 0 amide bonds. The number of rotatable bonds is 0. The minimum atomic E-state index is 0. The van der Waals surface area contributed by atoms with Crippen LogP contribution in [-0.4, -0.2) is 16.4 Å². The number of hydrogen-bond acceptors (Lipinski definition) is 1. The average Bonchev–Trinajstić information content (AvgIpc) is 1.00. The van der Waals surface area contributed by atoms with Crippen LogP contribution in [0.3, 0.4) is 0 Å². The molecule has 0 unspecified atom stereocenters. The van der Waals surface area contributed by atoms with Crippen molar-refractivity contribution in [2.24, 2.45) is 0 Å². The van der Waals surface area contributed by atoms with Crippen molar-refractivity contribution in [3.63, 3.8) is 0 Å². The van der Waals surface area contributed by atoms with Gasteiger partial charge in [-0.05, 0) is 0 Å². The van der Waals surface area contributed by atoms with Gasteiger partial charge in [0.1, 0.15) is 0 Å². The summed E-state index contributed by atoms with van der Waals surface area (Å²) in [6.07, 6.45) is 0. The third-order valence-corrected chi connectivity index (χ3v) is 0. The van der Waals surface area contributed by atoms with Crippen LogP contribution in [0.4, 0.5) is 0 Å². The summed E-state index contributed by atoms with van der Waals surface area (Å²) in [5.41, 5.74) is 0. The second-order valence-corrected chi connectivity index (χ2v) is 0. The molecule has 5 heteroatoms. The molecule has 0 saturated heterocycles. The van der Waals surface area contributed by atoms with Gasteiger partial charge in [-0.3, -0.25) is 0 Å². The van der Waals surface area contributed by atoms with Gasteiger partial charge in [0.2, 0.25) is 0 Å². The Morgan fingerprint density at radius 1 is 0.800 bits per heavy atom. The minimum absolute atomic E-state index is 0. The van der Waals surface area contributed by atoms with Crippen molar-refractivity contribution in [1.29, 1.82) is 0 Å². The van der Waals surface area contributed by atoms with Gasteiger partial charge in [-0.15, -0.1) is 0 Å². The molecule has 6 N–H and O–H groups in total. The van der Waals surface area contributed by atoms with Crippen LogP contribution in [0.25, 0.3) is 0 Å². The molecule has 0 atom stereocenters. The van der Waals surface area contributed by atoms with E-state index in [1.807, 2.05) is 0 Å². The molecule has 0 rings (SSSR count). The van der Waals surface area contributed by atoms with Crippen molar-refractivity contribution in [3.8, 4) is 0 Å². The molecule has 0 aromatic carbocycles. The predicted molar refractivity (Wildman–Crippen MR) is 11.5 cm³/mol. The molecule has 0 radical (unpaired) electrons. The second kappa shape index (κ2) is 365. The van der Waals surface area contributed by atoms with E-state index in [9.17, 15) is 0 Å². The monoisotopic (exact) mass is 265 g/mol. The summed E-state index contributed by atoms with van der Waals surface area (Å²) in [6.45, 7) is 0. The van der Waals surface area contributed by atoms with E-state index in [1.165, 1.54) is 0 Å². The molecule has 40 valence electrons. The van der Waals surface area contributed by atoms with Crippen molar-refractivity contribution in [2.75, 3.05) is 0 Å². The molecule has 0 heterocycles. The number of hydrogen-bond donors (Lipinski definition) is 0. The van der Waals surface area contributed by atoms with Gasteiger partial charge in [-0.1, -0.05) is 0 Å². The molecule has 0 aromatic rings. The van der Waals surface area contributed by atoms with E-state index in [1.54, 1.807) is 0 Å². The van der Waals surface area contributed by atoms with Gasteiger partial charge in [0.15, 0.2) is 0 Å². The molecule has 0 aliphatic rings. The van der Waals surface area contributed by atoms with Gasteiger partial charge < -0.3 is 16.4 Å². The van der Waals surface area contributed by atoms with Crippen LogP contribution in [0.5, 0.6) is 0 Å². The first-order valence-corrected chi connectivity index (χ1v) is 1.06. The summed E-state index contributed by atoms with van der Waals surface area (Å²) < 4.78 is 8.22. The fraction of sp³-hybridized carbons (Fsp3) is 0. The Balaban J connectivity index is -0.00000000167. The van der Waals surface area contributed by atoms with Crippen molar-refractivity contribution in [1.82, 2.24) is 0 Å². The van der Waals surface area contributed by atoms with Gasteiger partial charge in [0.25, 0.3) is 0 Å². The van der Waals surface area contributed by atoms with E-state index in [0.29, 0.717) is 0 Å². The first-order valence-electron chi connectivity index (χ1n) is 0.129. The van der Waals surface area contributed by atoms with Gasteiger partial charge in [-0.2, -0.15) is 0 Å². The topological polar surface area (TPSA) is 112 Å². The maximum atomic E-state index is 8.22. The summed E-state index contributed by atoms with van der Waals surface area (Å²) >= 11 is 0.889. The Morgan fingerprint density at radius 3 is 0.800 bits per heavy atom. The molecule has 0 aromatic heterocycles. The molecule has 0 saturated carbocycles. The van der Waals surface area contributed by atoms with Crippen LogP contribution in [0, 0.1) is 0 Å². The van der Waals surface area contributed by atoms with E-state index in [4.69, 9.17) is 3.40 Å². The van der Waals surface area contributed by atoms with E-state index in [2.05, 4.69) is 0 Å². The zero-order valence-electron chi connectivity index (χ0n) is 2.22. The standard InChI is InChI=1S/3H2O.O.Pt/h3*1H2;;. The molecule has 0 bridgehead atoms. The van der Waals surface area contributed by atoms with Gasteiger partial charge in [-0.25, -0.2) is 0 Å². The first kappa shape index (κ1) is 54.7. The summed E-state index contributed by atoms with van der Waals surface area (Å²) in [5, 5.41) is 0. The molecule has 0 aliphatic heterocycles. The Hall–Kier alpha value is 0.368. The van der Waals surface area contributed by atoms with E-state index in [0.717, 1.165) is 19.8 Å². The molecular formula is H6O4Pt. The van der Waals surface area contributed by atoms with Gasteiger partial charge in [0, 0.05) is 0 Å². The van der Waals surface area contributed by atoms with Gasteiger partial charge >= 0.3 is 23.2 Å². The van der Waals surface area contributed by atoms with Gasteiger partial charge in [0.05, 0.1) is 0 Å². The summed E-state index contributed by atoms with van der Waals surface area (Å²) in [4.78, 5) is 0. The quantitative estimate of drug-likeness (QED) is 0.470. The predicted octanol–water partition coefficient (Wildman–Crippen LogP) is -2.60. The van der Waals surface area contributed by atoms with Crippen LogP contribution in [0.2, 0.25) is 0 Å². The molecule has 0 fully saturated rings. The van der Waals surface area contributed by atoms with Crippen molar-refractivity contribution in [3.05, 3.63) is 0 Å². The average molecular weight is 265 g/mol. The summed E-state index contributed by atoms with van der Waals surface area (Å²) in [5.74, 6) is 0. The van der Waals surface area contributed by atoms with Crippen LogP contribution >= 0.6 is 0 Å². The van der Waals surface area contributed by atoms with Crippen molar-refractivity contribution in [2.45, 2.75) is 0 Å². The summed E-state index contributed by atoms with van der Waals surface area (Å²) in [7, 11) is 0. The van der Waals surface area contributed by atoms with Crippen LogP contribution in [0.1, 0.15) is 0 Å². The summed E-state index contributed by atoms with van der Waals surface area (Å²) in [6, 6.07) is 0. The third kappa shape index (κ3) is 181. The Labute approximate surface area is 40.3 Å². The zero-order chi connectivity index (χ0) is 2.00. The maximum absolute atomic E-state index is 8.22. The molecule has 0 aliphatic carbocycles. The Bertz CT molecular complexity index is 3.61. The third-order valence-electron chi connectivity index (χ3n) is 0. The fourth-order valence-corrected chi connectivity index (χ4v) is 0. The Kier molecular flexibility index (Phi) is 4000. The normalized spacial score (nSPS) is 1.20. The van der Waals surface area contributed by atoms with Crippen molar-refractivity contribution >= 4 is 0 Å². The van der Waals surface area contributed by atoms with E-state index in [-0.39, 0.29) is 16.4 Å². The van der Waals surface area contributed by atoms with Crippen molar-refractivity contribution < 1.29 is 39.6 Å². The van der Waals surface area contributed by atoms with E-state index >= 15 is 0 Å². The second-order valence-electron chi connectivity index (χ2n) is 0. The Morgan fingerprint density at radius 2 is 0.800 bits per heavy atom. The van der Waals surface area contributed by atoms with Crippen LogP contribution in [0.15, 0.2) is 0 Å². The van der Waals surface area contributed by atoms with Crippen LogP contribution in [-0.2, 0) is 23.2 Å². The zero-order valence-corrected chi connectivity index (χ0v) is 4.50.